The number of halogens is 4. The number of rotatable bonds is 4. The summed E-state index contributed by atoms with van der Waals surface area (Å²) in [7, 11) is 0. The lowest BCUT2D eigenvalue weighted by Crippen LogP contribution is -2.47. The third-order valence-electron chi connectivity index (χ3n) is 4.96. The third kappa shape index (κ3) is 4.39. The average molecular weight is 448 g/mol. The molecule has 0 saturated carbocycles. The molecule has 1 aromatic carbocycles. The summed E-state index contributed by atoms with van der Waals surface area (Å²) in [5.74, 6) is -0.357. The van der Waals surface area contributed by atoms with E-state index < -0.39 is 23.4 Å². The van der Waals surface area contributed by atoms with E-state index in [0.717, 1.165) is 27.2 Å². The molecule has 0 N–H and O–H groups in total. The largest absolute Gasteiger partial charge is 0.435 e. The molecule has 13 heteroatoms. The fraction of sp³-hybridized carbons (Fsp3) is 0.316. The maximum atomic E-state index is 13.5. The van der Waals surface area contributed by atoms with E-state index in [1.807, 2.05) is 4.90 Å². The van der Waals surface area contributed by atoms with Gasteiger partial charge in [-0.25, -0.2) is 19.0 Å². The van der Waals surface area contributed by atoms with E-state index in [4.69, 9.17) is 6.57 Å². The molecule has 2 aromatic heterocycles. The zero-order chi connectivity index (χ0) is 22.9. The van der Waals surface area contributed by atoms with Gasteiger partial charge in [0.15, 0.2) is 5.69 Å². The second-order valence-corrected chi connectivity index (χ2v) is 7.01. The Balaban J connectivity index is 1.41. The first-order valence-corrected chi connectivity index (χ1v) is 9.45. The maximum Gasteiger partial charge on any atom is 0.435 e. The molecule has 0 radical (unpaired) electrons. The molecule has 4 rings (SSSR count). The molecule has 166 valence electrons. The molecular formula is C19H16F4N8O. The Morgan fingerprint density at radius 2 is 1.81 bits per heavy atom. The summed E-state index contributed by atoms with van der Waals surface area (Å²) in [5.41, 5.74) is -1.03. The highest BCUT2D eigenvalue weighted by atomic mass is 19.4. The molecular weight excluding hydrogens is 432 g/mol. The second kappa shape index (κ2) is 8.29. The van der Waals surface area contributed by atoms with Gasteiger partial charge in [-0.1, -0.05) is 0 Å². The van der Waals surface area contributed by atoms with Crippen LogP contribution < -0.4 is 15.5 Å². The Labute approximate surface area is 179 Å². The van der Waals surface area contributed by atoms with Crippen molar-refractivity contribution in [1.29, 1.82) is 0 Å². The lowest BCUT2D eigenvalue weighted by Gasteiger charge is -2.36. The van der Waals surface area contributed by atoms with Crippen LogP contribution in [0, 0.1) is 12.4 Å². The molecule has 1 aliphatic rings. The van der Waals surface area contributed by atoms with Crippen LogP contribution in [0.15, 0.2) is 41.6 Å². The molecule has 0 spiro atoms. The summed E-state index contributed by atoms with van der Waals surface area (Å²) < 4.78 is 53.6. The Morgan fingerprint density at radius 3 is 2.44 bits per heavy atom. The predicted molar refractivity (Wildman–Crippen MR) is 106 cm³/mol. The molecule has 0 bridgehead atoms. The van der Waals surface area contributed by atoms with Gasteiger partial charge < -0.3 is 9.80 Å². The van der Waals surface area contributed by atoms with Crippen LogP contribution in [0.1, 0.15) is 5.69 Å². The van der Waals surface area contributed by atoms with Crippen LogP contribution >= 0.6 is 0 Å². The lowest BCUT2D eigenvalue weighted by molar-refractivity contribution is -0.141. The highest BCUT2D eigenvalue weighted by Crippen LogP contribution is 2.27. The van der Waals surface area contributed by atoms with Crippen LogP contribution in [0.25, 0.3) is 4.85 Å². The second-order valence-electron chi connectivity index (χ2n) is 7.01. The van der Waals surface area contributed by atoms with Crippen molar-refractivity contribution in [3.63, 3.8) is 0 Å². The molecule has 3 heterocycles. The molecule has 0 amide bonds. The summed E-state index contributed by atoms with van der Waals surface area (Å²) in [4.78, 5) is 27.4. The van der Waals surface area contributed by atoms with Gasteiger partial charge in [0.05, 0.1) is 6.57 Å². The minimum absolute atomic E-state index is 0.0450. The number of benzene rings is 1. The fourth-order valence-electron chi connectivity index (χ4n) is 3.29. The Kier molecular flexibility index (Phi) is 5.52. The van der Waals surface area contributed by atoms with E-state index in [2.05, 4.69) is 19.9 Å². The minimum Gasteiger partial charge on any atom is -0.369 e. The van der Waals surface area contributed by atoms with Gasteiger partial charge in [-0.2, -0.15) is 23.3 Å². The van der Waals surface area contributed by atoms with Crippen LogP contribution in [0.3, 0.4) is 0 Å². The maximum absolute atomic E-state index is 13.5. The molecule has 32 heavy (non-hydrogen) atoms. The first kappa shape index (κ1) is 21.3. The molecule has 0 aliphatic carbocycles. The van der Waals surface area contributed by atoms with Crippen LogP contribution in [0.5, 0.6) is 0 Å². The number of hydrogen-bond donors (Lipinski definition) is 0. The van der Waals surface area contributed by atoms with Gasteiger partial charge in [0.25, 0.3) is 0 Å². The normalized spacial score (nSPS) is 14.5. The molecule has 1 fully saturated rings. The molecule has 0 atom stereocenters. The van der Waals surface area contributed by atoms with Crippen molar-refractivity contribution in [2.45, 2.75) is 12.8 Å². The first-order valence-electron chi connectivity index (χ1n) is 9.45. The van der Waals surface area contributed by atoms with Gasteiger partial charge in [-0.3, -0.25) is 9.25 Å². The quantitative estimate of drug-likeness (QED) is 0.451. The van der Waals surface area contributed by atoms with Crippen molar-refractivity contribution in [3.8, 4) is 0 Å². The van der Waals surface area contributed by atoms with Gasteiger partial charge in [-0.15, -0.1) is 0 Å². The van der Waals surface area contributed by atoms with Gasteiger partial charge in [0.2, 0.25) is 11.6 Å². The van der Waals surface area contributed by atoms with E-state index in [9.17, 15) is 22.4 Å². The number of aromatic nitrogens is 5. The third-order valence-corrected chi connectivity index (χ3v) is 4.96. The molecule has 3 aromatic rings. The summed E-state index contributed by atoms with van der Waals surface area (Å²) >= 11 is 0. The topological polar surface area (TPSA) is 76.4 Å². The average Bonchev–Trinajstić information content (AvgIpc) is 3.25. The number of piperazine rings is 1. The number of nitrogens with zero attached hydrogens (tertiary/aromatic N) is 8. The highest BCUT2D eigenvalue weighted by molar-refractivity contribution is 5.60. The standard InChI is InChI=1S/C19H16F4N8O/c1-24-15-10-13(2-3-14(15)20)28-6-8-29(9-7-28)17-25-11-30(18(32)26-17)12-31-5-4-16(27-31)19(21,22)23/h2-5,10-11H,6-9,12H2. The minimum atomic E-state index is -4.57. The van der Waals surface area contributed by atoms with E-state index >= 15 is 0 Å². The predicted octanol–water partition coefficient (Wildman–Crippen LogP) is 2.38. The number of hydrogen-bond acceptors (Lipinski definition) is 6. The van der Waals surface area contributed by atoms with Crippen LogP contribution in [0.2, 0.25) is 0 Å². The summed E-state index contributed by atoms with van der Waals surface area (Å²) in [6.45, 7) is 8.84. The van der Waals surface area contributed by atoms with Gasteiger partial charge >= 0.3 is 11.9 Å². The Hall–Kier alpha value is -3.95. The van der Waals surface area contributed by atoms with E-state index in [0.29, 0.717) is 26.2 Å². The van der Waals surface area contributed by atoms with E-state index in [1.54, 1.807) is 11.0 Å². The zero-order valence-corrected chi connectivity index (χ0v) is 16.5. The van der Waals surface area contributed by atoms with Crippen molar-refractivity contribution >= 4 is 17.3 Å². The van der Waals surface area contributed by atoms with E-state index in [1.165, 1.54) is 18.5 Å². The summed E-state index contributed by atoms with van der Waals surface area (Å²) in [6, 6.07) is 5.18. The fourth-order valence-corrected chi connectivity index (χ4v) is 3.29. The van der Waals surface area contributed by atoms with Crippen molar-refractivity contribution in [2.75, 3.05) is 36.0 Å². The van der Waals surface area contributed by atoms with Gasteiger partial charge in [-0.05, 0) is 24.3 Å². The highest BCUT2D eigenvalue weighted by Gasteiger charge is 2.33. The van der Waals surface area contributed by atoms with Crippen LogP contribution in [-0.4, -0.2) is 50.5 Å². The van der Waals surface area contributed by atoms with Crippen LogP contribution in [0.4, 0.5) is 34.9 Å². The van der Waals surface area contributed by atoms with Gasteiger partial charge in [0.1, 0.15) is 18.8 Å². The van der Waals surface area contributed by atoms with Gasteiger partial charge in [0, 0.05) is 38.1 Å². The number of anilines is 2. The SMILES string of the molecule is [C-]#[N+]c1cc(N2CCN(c3ncn(Cn4ccc(C(F)(F)F)n4)c(=O)n3)CC2)ccc1F. The van der Waals surface area contributed by atoms with Crippen molar-refractivity contribution in [2.24, 2.45) is 0 Å². The molecule has 1 saturated heterocycles. The first-order chi connectivity index (χ1) is 15.2. The zero-order valence-electron chi connectivity index (χ0n) is 16.5. The molecule has 0 unspecified atom stereocenters. The molecule has 9 nitrogen and oxygen atoms in total. The summed E-state index contributed by atoms with van der Waals surface area (Å²) in [6.07, 6.45) is -2.23. The Bertz CT molecular complexity index is 1220. The monoisotopic (exact) mass is 448 g/mol. The van der Waals surface area contributed by atoms with Crippen molar-refractivity contribution in [1.82, 2.24) is 24.3 Å². The smallest absolute Gasteiger partial charge is 0.369 e. The molecule has 1 aliphatic heterocycles. The lowest BCUT2D eigenvalue weighted by atomic mass is 10.2. The van der Waals surface area contributed by atoms with Crippen molar-refractivity contribution in [3.05, 3.63) is 70.2 Å². The number of alkyl halides is 3. The summed E-state index contributed by atoms with van der Waals surface area (Å²) in [5, 5.41) is 3.40. The van der Waals surface area contributed by atoms with Crippen molar-refractivity contribution < 1.29 is 17.6 Å². The van der Waals surface area contributed by atoms with E-state index in [-0.39, 0.29) is 18.3 Å². The Morgan fingerprint density at radius 1 is 1.09 bits per heavy atom. The van der Waals surface area contributed by atoms with Crippen LogP contribution in [-0.2, 0) is 12.8 Å².